The molecule has 0 aliphatic rings. The maximum Gasteiger partial charge on any atom is 0.306 e. The molecule has 6 heteroatoms. The zero-order valence-corrected chi connectivity index (χ0v) is 11.2. The van der Waals surface area contributed by atoms with Crippen LogP contribution in [0.1, 0.15) is 19.4 Å². The van der Waals surface area contributed by atoms with Gasteiger partial charge in [0.25, 0.3) is 0 Å². The smallest absolute Gasteiger partial charge is 0.306 e. The Balaban J connectivity index is 0.00000225. The van der Waals surface area contributed by atoms with Gasteiger partial charge in [0.15, 0.2) is 0 Å². The molecule has 0 aromatic heterocycles. The normalized spacial score (nSPS) is 11.8. The van der Waals surface area contributed by atoms with Crippen LogP contribution in [-0.2, 0) is 15.7 Å². The highest BCUT2D eigenvalue weighted by Crippen LogP contribution is 2.22. The fourth-order valence-electron chi connectivity index (χ4n) is 1.09. The van der Waals surface area contributed by atoms with Crippen LogP contribution in [0.15, 0.2) is 24.3 Å². The lowest BCUT2D eigenvalue weighted by Crippen LogP contribution is -2.15. The Morgan fingerprint density at radius 2 is 1.62 bits per heavy atom. The SMILES string of the molecule is CC(C)(O)c1ccc(OS(C)(=O)=O)cc1.S. The van der Waals surface area contributed by atoms with E-state index in [1.165, 1.54) is 12.1 Å². The summed E-state index contributed by atoms with van der Waals surface area (Å²) in [4.78, 5) is 0. The van der Waals surface area contributed by atoms with Gasteiger partial charge in [0.05, 0.1) is 11.9 Å². The van der Waals surface area contributed by atoms with Gasteiger partial charge in [-0.1, -0.05) is 12.1 Å². The van der Waals surface area contributed by atoms with Gasteiger partial charge in [0.1, 0.15) is 5.75 Å². The van der Waals surface area contributed by atoms with E-state index < -0.39 is 15.7 Å². The van der Waals surface area contributed by atoms with Crippen molar-refractivity contribution in [2.45, 2.75) is 19.4 Å². The van der Waals surface area contributed by atoms with E-state index in [9.17, 15) is 13.5 Å². The van der Waals surface area contributed by atoms with Crippen molar-refractivity contribution < 1.29 is 17.7 Å². The summed E-state index contributed by atoms with van der Waals surface area (Å²) in [5.41, 5.74) is -0.243. The van der Waals surface area contributed by atoms with E-state index in [-0.39, 0.29) is 19.2 Å². The molecular formula is C10H16O4S2. The number of rotatable bonds is 3. The maximum absolute atomic E-state index is 10.8. The second kappa shape index (κ2) is 5.07. The monoisotopic (exact) mass is 264 g/mol. The Hall–Kier alpha value is -0.720. The first-order valence-corrected chi connectivity index (χ1v) is 6.22. The summed E-state index contributed by atoms with van der Waals surface area (Å²) in [6, 6.07) is 6.27. The zero-order valence-electron chi connectivity index (χ0n) is 9.39. The second-order valence-electron chi connectivity index (χ2n) is 3.87. The van der Waals surface area contributed by atoms with Gasteiger partial charge in [-0.15, -0.1) is 0 Å². The summed E-state index contributed by atoms with van der Waals surface area (Å²) < 4.78 is 26.3. The first-order chi connectivity index (χ1) is 6.68. The van der Waals surface area contributed by atoms with Crippen LogP contribution in [-0.4, -0.2) is 19.8 Å². The topological polar surface area (TPSA) is 63.6 Å². The van der Waals surface area contributed by atoms with Crippen LogP contribution in [0.25, 0.3) is 0 Å². The highest BCUT2D eigenvalue weighted by molar-refractivity contribution is 7.86. The van der Waals surface area contributed by atoms with Crippen LogP contribution in [0.2, 0.25) is 0 Å². The number of aliphatic hydroxyl groups is 1. The number of benzene rings is 1. The molecule has 0 unspecified atom stereocenters. The van der Waals surface area contributed by atoms with Gasteiger partial charge in [-0.3, -0.25) is 0 Å². The van der Waals surface area contributed by atoms with Crippen molar-refractivity contribution in [3.8, 4) is 5.75 Å². The highest BCUT2D eigenvalue weighted by atomic mass is 32.2. The van der Waals surface area contributed by atoms with Crippen molar-refractivity contribution in [2.75, 3.05) is 6.26 Å². The average Bonchev–Trinajstić information content (AvgIpc) is 2.00. The third-order valence-corrected chi connectivity index (χ3v) is 2.30. The quantitative estimate of drug-likeness (QED) is 0.837. The largest absolute Gasteiger partial charge is 0.386 e. The predicted molar refractivity (Wildman–Crippen MR) is 67.5 cm³/mol. The minimum atomic E-state index is -3.49. The third-order valence-electron chi connectivity index (χ3n) is 1.81. The van der Waals surface area contributed by atoms with E-state index in [1.54, 1.807) is 26.0 Å². The molecule has 16 heavy (non-hydrogen) atoms. The van der Waals surface area contributed by atoms with Crippen molar-refractivity contribution >= 4 is 23.6 Å². The van der Waals surface area contributed by atoms with Crippen LogP contribution in [0, 0.1) is 0 Å². The van der Waals surface area contributed by atoms with E-state index in [2.05, 4.69) is 4.18 Å². The molecule has 0 amide bonds. The summed E-state index contributed by atoms with van der Waals surface area (Å²) in [7, 11) is -3.49. The van der Waals surface area contributed by atoms with Crippen LogP contribution < -0.4 is 4.18 Å². The lowest BCUT2D eigenvalue weighted by atomic mass is 9.99. The van der Waals surface area contributed by atoms with E-state index in [4.69, 9.17) is 0 Å². The molecule has 0 radical (unpaired) electrons. The minimum absolute atomic E-state index is 0. The Morgan fingerprint density at radius 1 is 1.19 bits per heavy atom. The Kier molecular flexibility index (Phi) is 4.85. The molecule has 92 valence electrons. The molecule has 0 saturated carbocycles. The molecule has 1 aromatic rings. The van der Waals surface area contributed by atoms with Crippen LogP contribution in [0.3, 0.4) is 0 Å². The molecule has 0 aliphatic heterocycles. The first-order valence-electron chi connectivity index (χ1n) is 4.41. The van der Waals surface area contributed by atoms with E-state index >= 15 is 0 Å². The Morgan fingerprint density at radius 3 is 1.94 bits per heavy atom. The number of hydrogen-bond donors (Lipinski definition) is 1. The molecular weight excluding hydrogens is 248 g/mol. The van der Waals surface area contributed by atoms with Crippen molar-refractivity contribution in [2.24, 2.45) is 0 Å². The molecule has 0 heterocycles. The van der Waals surface area contributed by atoms with E-state index in [0.29, 0.717) is 5.56 Å². The van der Waals surface area contributed by atoms with Crippen LogP contribution in [0.4, 0.5) is 0 Å². The first kappa shape index (κ1) is 15.3. The average molecular weight is 264 g/mol. The molecule has 1 aromatic carbocycles. The molecule has 0 aliphatic carbocycles. The molecule has 0 saturated heterocycles. The third kappa shape index (κ3) is 4.87. The Labute approximate surface area is 103 Å². The molecule has 4 nitrogen and oxygen atoms in total. The van der Waals surface area contributed by atoms with Crippen molar-refractivity contribution in [3.05, 3.63) is 29.8 Å². The van der Waals surface area contributed by atoms with Crippen LogP contribution in [0.5, 0.6) is 5.75 Å². The lowest BCUT2D eigenvalue weighted by molar-refractivity contribution is 0.0786. The molecule has 0 spiro atoms. The standard InChI is InChI=1S/C10H14O4S.H2S/c1-10(2,11)8-4-6-9(7-5-8)14-15(3,12)13;/h4-7,11H,1-3H3;1H2. The van der Waals surface area contributed by atoms with Gasteiger partial charge in [-0.05, 0) is 31.5 Å². The van der Waals surface area contributed by atoms with Crippen molar-refractivity contribution in [3.63, 3.8) is 0 Å². The van der Waals surface area contributed by atoms with Gasteiger partial charge in [0.2, 0.25) is 0 Å². The van der Waals surface area contributed by atoms with Gasteiger partial charge in [-0.2, -0.15) is 21.9 Å². The molecule has 0 fully saturated rings. The van der Waals surface area contributed by atoms with E-state index in [1.807, 2.05) is 0 Å². The minimum Gasteiger partial charge on any atom is -0.386 e. The van der Waals surface area contributed by atoms with E-state index in [0.717, 1.165) is 6.26 Å². The summed E-state index contributed by atoms with van der Waals surface area (Å²) in [6.07, 6.45) is 0.983. The van der Waals surface area contributed by atoms with Gasteiger partial charge < -0.3 is 9.29 Å². The van der Waals surface area contributed by atoms with Crippen molar-refractivity contribution in [1.82, 2.24) is 0 Å². The van der Waals surface area contributed by atoms with Gasteiger partial charge >= 0.3 is 10.1 Å². The lowest BCUT2D eigenvalue weighted by Gasteiger charge is -2.17. The summed E-state index contributed by atoms with van der Waals surface area (Å²) in [6.45, 7) is 3.30. The summed E-state index contributed by atoms with van der Waals surface area (Å²) in [5.74, 6) is 0.241. The van der Waals surface area contributed by atoms with Gasteiger partial charge in [-0.25, -0.2) is 0 Å². The number of hydrogen-bond acceptors (Lipinski definition) is 4. The highest BCUT2D eigenvalue weighted by Gasteiger charge is 2.15. The Bertz CT molecular complexity index is 429. The molecule has 1 rings (SSSR count). The van der Waals surface area contributed by atoms with Crippen LogP contribution >= 0.6 is 13.5 Å². The maximum atomic E-state index is 10.8. The fourth-order valence-corrected chi connectivity index (χ4v) is 1.55. The van der Waals surface area contributed by atoms with Crippen molar-refractivity contribution in [1.29, 1.82) is 0 Å². The molecule has 0 bridgehead atoms. The molecule has 0 atom stereocenters. The predicted octanol–water partition coefficient (Wildman–Crippen LogP) is 1.37. The summed E-state index contributed by atoms with van der Waals surface area (Å²) in [5, 5.41) is 9.65. The van der Waals surface area contributed by atoms with Gasteiger partial charge in [0, 0.05) is 0 Å². The second-order valence-corrected chi connectivity index (χ2v) is 5.45. The zero-order chi connectivity index (χ0) is 11.7. The fraction of sp³-hybridized carbons (Fsp3) is 0.400. The summed E-state index contributed by atoms with van der Waals surface area (Å²) >= 11 is 0. The molecule has 1 N–H and O–H groups in total.